The second kappa shape index (κ2) is 6.76. The van der Waals surface area contributed by atoms with Crippen molar-refractivity contribution in [2.45, 2.75) is 63.2 Å². The fourth-order valence-corrected chi connectivity index (χ4v) is 6.08. The van der Waals surface area contributed by atoms with E-state index in [0.717, 1.165) is 11.4 Å². The molecule has 0 radical (unpaired) electrons. The van der Waals surface area contributed by atoms with E-state index in [1.807, 2.05) is 24.0 Å². The highest BCUT2D eigenvalue weighted by atomic mass is 32.2. The van der Waals surface area contributed by atoms with Crippen LogP contribution in [0.5, 0.6) is 0 Å². The Kier molecular flexibility index (Phi) is 4.27. The number of hydrogen-bond donors (Lipinski definition) is 0. The van der Waals surface area contributed by atoms with Gasteiger partial charge in [0.1, 0.15) is 6.04 Å². The molecule has 0 N–H and O–H groups in total. The molecule has 2 aromatic heterocycles. The number of aliphatic imine (C=N–C) groups is 1. The predicted molar refractivity (Wildman–Crippen MR) is 107 cm³/mol. The van der Waals surface area contributed by atoms with Crippen LogP contribution < -0.4 is 0 Å². The summed E-state index contributed by atoms with van der Waals surface area (Å²) in [6.07, 6.45) is 13.1. The van der Waals surface area contributed by atoms with E-state index >= 15 is 0 Å². The third-order valence-corrected chi connectivity index (χ3v) is 7.28. The molecule has 3 aliphatic rings. The van der Waals surface area contributed by atoms with Gasteiger partial charge < -0.3 is 9.47 Å². The molecule has 2 aromatic rings. The summed E-state index contributed by atoms with van der Waals surface area (Å²) in [5.74, 6) is 1.16. The molecule has 0 unspecified atom stereocenters. The first-order valence-electron chi connectivity index (χ1n) is 9.92. The molecule has 4 nitrogen and oxygen atoms in total. The number of thioether (sulfide) groups is 1. The fraction of sp³-hybridized carbons (Fsp3) is 0.524. The molecule has 0 bridgehead atoms. The van der Waals surface area contributed by atoms with E-state index in [0.29, 0.717) is 12.1 Å². The van der Waals surface area contributed by atoms with E-state index in [-0.39, 0.29) is 12.1 Å². The molecular weight excluding hydrogens is 340 g/mol. The van der Waals surface area contributed by atoms with Gasteiger partial charge in [-0.2, -0.15) is 0 Å². The van der Waals surface area contributed by atoms with Gasteiger partial charge in [-0.05, 0) is 43.0 Å². The maximum atomic E-state index is 5.12. The summed E-state index contributed by atoms with van der Waals surface area (Å²) in [4.78, 5) is 12.3. The van der Waals surface area contributed by atoms with E-state index in [1.54, 1.807) is 0 Å². The summed E-state index contributed by atoms with van der Waals surface area (Å²) in [7, 11) is 0. The topological polar surface area (TPSA) is 33.4 Å². The molecule has 26 heavy (non-hydrogen) atoms. The van der Waals surface area contributed by atoms with Crippen LogP contribution in [-0.2, 0) is 0 Å². The zero-order chi connectivity index (χ0) is 17.5. The van der Waals surface area contributed by atoms with E-state index in [1.165, 1.54) is 42.8 Å². The van der Waals surface area contributed by atoms with Crippen molar-refractivity contribution in [1.82, 2.24) is 14.5 Å². The first kappa shape index (κ1) is 16.4. The second-order valence-corrected chi connectivity index (χ2v) is 8.65. The van der Waals surface area contributed by atoms with Gasteiger partial charge in [0.2, 0.25) is 0 Å². The van der Waals surface area contributed by atoms with Crippen molar-refractivity contribution < 1.29 is 0 Å². The minimum absolute atomic E-state index is 0.104. The van der Waals surface area contributed by atoms with Crippen LogP contribution in [0.25, 0.3) is 0 Å². The molecule has 1 saturated carbocycles. The summed E-state index contributed by atoms with van der Waals surface area (Å²) in [5, 5.41) is 1.21. The molecule has 0 amide bonds. The largest absolute Gasteiger partial charge is 0.351 e. The Hall–Kier alpha value is -1.75. The Labute approximate surface area is 159 Å². The highest BCUT2D eigenvalue weighted by Gasteiger charge is 2.45. The van der Waals surface area contributed by atoms with Crippen molar-refractivity contribution in [1.29, 1.82) is 0 Å². The zero-order valence-electron chi connectivity index (χ0n) is 15.3. The molecule has 0 spiro atoms. The summed E-state index contributed by atoms with van der Waals surface area (Å²) < 4.78 is 2.46. The summed E-state index contributed by atoms with van der Waals surface area (Å²) in [6.45, 7) is 2.29. The van der Waals surface area contributed by atoms with Gasteiger partial charge in [0.25, 0.3) is 0 Å². The van der Waals surface area contributed by atoms with Crippen molar-refractivity contribution in [3.8, 4) is 0 Å². The summed E-state index contributed by atoms with van der Waals surface area (Å²) in [5.41, 5.74) is 2.48. The Bertz CT molecular complexity index is 793. The molecule has 5 heteroatoms. The Balaban J connectivity index is 1.52. The average Bonchev–Trinajstić information content (AvgIpc) is 3.44. The highest BCUT2D eigenvalue weighted by molar-refractivity contribution is 8.14. The van der Waals surface area contributed by atoms with Gasteiger partial charge in [0, 0.05) is 36.4 Å². The Morgan fingerprint density at radius 2 is 2.08 bits per heavy atom. The van der Waals surface area contributed by atoms with Crippen LogP contribution in [0.3, 0.4) is 0 Å². The molecule has 2 fully saturated rings. The van der Waals surface area contributed by atoms with Crippen LogP contribution in [0.4, 0.5) is 0 Å². The lowest BCUT2D eigenvalue weighted by Gasteiger charge is -2.31. The third-order valence-electron chi connectivity index (χ3n) is 6.15. The molecule has 4 heterocycles. The molecule has 3 atom stereocenters. The minimum atomic E-state index is 0.104. The van der Waals surface area contributed by atoms with Crippen molar-refractivity contribution in [3.63, 3.8) is 0 Å². The zero-order valence-corrected chi connectivity index (χ0v) is 16.1. The van der Waals surface area contributed by atoms with E-state index in [9.17, 15) is 0 Å². The van der Waals surface area contributed by atoms with Gasteiger partial charge >= 0.3 is 0 Å². The van der Waals surface area contributed by atoms with Gasteiger partial charge in [-0.1, -0.05) is 37.6 Å². The van der Waals surface area contributed by atoms with E-state index in [2.05, 4.69) is 52.0 Å². The minimum Gasteiger partial charge on any atom is -0.351 e. The third kappa shape index (κ3) is 2.68. The van der Waals surface area contributed by atoms with Crippen LogP contribution >= 0.6 is 11.8 Å². The Morgan fingerprint density at radius 3 is 2.85 bits per heavy atom. The summed E-state index contributed by atoms with van der Waals surface area (Å²) in [6, 6.07) is 10.2. The molecule has 1 aliphatic carbocycles. The van der Waals surface area contributed by atoms with Crippen LogP contribution in [0.15, 0.2) is 47.8 Å². The van der Waals surface area contributed by atoms with Crippen LogP contribution in [0.2, 0.25) is 0 Å². The number of nitrogens with zero attached hydrogens (tertiary/aromatic N) is 4. The van der Waals surface area contributed by atoms with Crippen LogP contribution in [-0.4, -0.2) is 31.4 Å². The maximum absolute atomic E-state index is 5.12. The highest BCUT2D eigenvalue weighted by Crippen LogP contribution is 2.48. The molecular formula is C21H26N4S. The quantitative estimate of drug-likeness (QED) is 0.765. The average molecular weight is 367 g/mol. The van der Waals surface area contributed by atoms with Gasteiger partial charge in [-0.25, -0.2) is 0 Å². The lowest BCUT2D eigenvalue weighted by molar-refractivity contribution is 0.255. The standard InChI is InChI=1S/C21H26N4S/c1-2-16-14-26-21-23-19(18-9-5-6-11-22-18)20(25(16)21)15-10-12-24(13-15)17-7-3-4-8-17/h5-6,9-13,16-17,19-20H,2-4,7-8,14H2,1H3/t16-,19+,20+/m0/s1. The van der Waals surface area contributed by atoms with Gasteiger partial charge in [-0.3, -0.25) is 9.98 Å². The number of rotatable bonds is 4. The number of hydrogen-bond acceptors (Lipinski definition) is 4. The first-order chi connectivity index (χ1) is 12.8. The van der Waals surface area contributed by atoms with Crippen molar-refractivity contribution >= 4 is 16.9 Å². The fourth-order valence-electron chi connectivity index (χ4n) is 4.74. The second-order valence-electron chi connectivity index (χ2n) is 7.67. The van der Waals surface area contributed by atoms with Crippen molar-refractivity contribution in [3.05, 3.63) is 54.1 Å². The maximum Gasteiger partial charge on any atom is 0.160 e. The predicted octanol–water partition coefficient (Wildman–Crippen LogP) is 4.98. The monoisotopic (exact) mass is 366 g/mol. The molecule has 136 valence electrons. The lowest BCUT2D eigenvalue weighted by Crippen LogP contribution is -2.35. The van der Waals surface area contributed by atoms with Gasteiger partial charge in [0.15, 0.2) is 5.17 Å². The normalized spacial score (nSPS) is 28.6. The van der Waals surface area contributed by atoms with Crippen LogP contribution in [0.1, 0.15) is 68.4 Å². The van der Waals surface area contributed by atoms with Gasteiger partial charge in [-0.15, -0.1) is 0 Å². The molecule has 5 rings (SSSR count). The molecule has 1 saturated heterocycles. The number of aromatic nitrogens is 2. The van der Waals surface area contributed by atoms with E-state index in [4.69, 9.17) is 4.99 Å². The summed E-state index contributed by atoms with van der Waals surface area (Å²) >= 11 is 1.92. The van der Waals surface area contributed by atoms with Gasteiger partial charge in [0.05, 0.1) is 11.7 Å². The van der Waals surface area contributed by atoms with Crippen molar-refractivity contribution in [2.75, 3.05) is 5.75 Å². The van der Waals surface area contributed by atoms with Crippen molar-refractivity contribution in [2.24, 2.45) is 4.99 Å². The number of fused-ring (bicyclic) bond motifs is 1. The number of pyridine rings is 1. The lowest BCUT2D eigenvalue weighted by atomic mass is 9.97. The Morgan fingerprint density at radius 1 is 1.19 bits per heavy atom. The molecule has 0 aromatic carbocycles. The van der Waals surface area contributed by atoms with E-state index < -0.39 is 0 Å². The first-order valence-corrected chi connectivity index (χ1v) is 10.9. The SMILES string of the molecule is CC[C@H]1CSC2=N[C@H](c3ccccn3)[C@@H](c3ccn(C4CCCC4)c3)N21. The van der Waals surface area contributed by atoms with Crippen LogP contribution in [0, 0.1) is 0 Å². The number of amidine groups is 1. The smallest absolute Gasteiger partial charge is 0.160 e. The molecule has 2 aliphatic heterocycles.